The average Bonchev–Trinajstić information content (AvgIpc) is 2.45. The molecule has 2 rings (SSSR count). The molecule has 0 saturated carbocycles. The number of nitrogens with one attached hydrogen (secondary N) is 1. The molecule has 4 heteroatoms. The van der Waals surface area contributed by atoms with Gasteiger partial charge in [0, 0.05) is 31.6 Å². The van der Waals surface area contributed by atoms with Crippen molar-refractivity contribution in [2.75, 3.05) is 13.1 Å². The van der Waals surface area contributed by atoms with E-state index in [4.69, 9.17) is 0 Å². The summed E-state index contributed by atoms with van der Waals surface area (Å²) in [4.78, 5) is 11.7. The third-order valence-electron chi connectivity index (χ3n) is 3.53. The molecule has 0 bridgehead atoms. The standard InChI is InChI=1S/C15H20FN2O/c16-14-6-2-1-5-13(14)11-18-15(19)8-7-12-4-3-9-17-10-12/h1-2,5-6,12H,3-4,7-11H2,(H,18,19). The van der Waals surface area contributed by atoms with Crippen LogP contribution in [0.2, 0.25) is 0 Å². The molecule has 1 unspecified atom stereocenters. The first kappa shape index (κ1) is 14.0. The second-order valence-corrected chi connectivity index (χ2v) is 5.04. The second-order valence-electron chi connectivity index (χ2n) is 5.04. The fourth-order valence-electron chi connectivity index (χ4n) is 2.35. The molecule has 103 valence electrons. The summed E-state index contributed by atoms with van der Waals surface area (Å²) in [5.41, 5.74) is 0.531. The van der Waals surface area contributed by atoms with Gasteiger partial charge in [-0.05, 0) is 31.2 Å². The molecule has 1 aromatic rings. The van der Waals surface area contributed by atoms with Gasteiger partial charge in [0.1, 0.15) is 5.82 Å². The molecule has 1 aliphatic rings. The van der Waals surface area contributed by atoms with Crippen LogP contribution in [0.5, 0.6) is 0 Å². The molecule has 1 fully saturated rings. The Morgan fingerprint density at radius 1 is 1.42 bits per heavy atom. The average molecular weight is 263 g/mol. The number of piperidine rings is 1. The van der Waals surface area contributed by atoms with E-state index in [9.17, 15) is 9.18 Å². The summed E-state index contributed by atoms with van der Waals surface area (Å²) in [6.07, 6.45) is 3.70. The Kier molecular flexibility index (Phi) is 5.33. The molecule has 1 amide bonds. The molecule has 1 aliphatic heterocycles. The molecule has 1 radical (unpaired) electrons. The zero-order valence-electron chi connectivity index (χ0n) is 11.1. The van der Waals surface area contributed by atoms with Gasteiger partial charge in [0.2, 0.25) is 5.91 Å². The molecule has 1 heterocycles. The van der Waals surface area contributed by atoms with Crippen LogP contribution in [-0.2, 0) is 11.3 Å². The molecule has 1 atom stereocenters. The number of nitrogens with zero attached hydrogens (tertiary/aromatic N) is 1. The van der Waals surface area contributed by atoms with Gasteiger partial charge in [-0.3, -0.25) is 4.79 Å². The minimum atomic E-state index is -0.270. The summed E-state index contributed by atoms with van der Waals surface area (Å²) in [6.45, 7) is 2.12. The van der Waals surface area contributed by atoms with E-state index in [1.807, 2.05) is 0 Å². The third-order valence-corrected chi connectivity index (χ3v) is 3.53. The fourth-order valence-corrected chi connectivity index (χ4v) is 2.35. The first-order chi connectivity index (χ1) is 9.25. The molecular weight excluding hydrogens is 243 g/mol. The maximum Gasteiger partial charge on any atom is 0.220 e. The molecule has 0 aliphatic carbocycles. The van der Waals surface area contributed by atoms with E-state index in [0.717, 1.165) is 25.9 Å². The van der Waals surface area contributed by atoms with Gasteiger partial charge in [0.15, 0.2) is 0 Å². The lowest BCUT2D eigenvalue weighted by Gasteiger charge is -2.20. The van der Waals surface area contributed by atoms with Crippen LogP contribution in [0.15, 0.2) is 24.3 Å². The maximum atomic E-state index is 13.4. The minimum absolute atomic E-state index is 0.00572. The number of carbonyl (C=O) groups excluding carboxylic acids is 1. The van der Waals surface area contributed by atoms with Crippen LogP contribution in [0.25, 0.3) is 0 Å². The van der Waals surface area contributed by atoms with E-state index in [-0.39, 0.29) is 18.3 Å². The van der Waals surface area contributed by atoms with Crippen molar-refractivity contribution in [1.82, 2.24) is 10.6 Å². The highest BCUT2D eigenvalue weighted by Gasteiger charge is 2.15. The van der Waals surface area contributed by atoms with E-state index >= 15 is 0 Å². The van der Waals surface area contributed by atoms with E-state index < -0.39 is 0 Å². The Morgan fingerprint density at radius 3 is 3.00 bits per heavy atom. The Labute approximate surface area is 113 Å². The molecular formula is C15H20FN2O. The second kappa shape index (κ2) is 7.24. The van der Waals surface area contributed by atoms with Crippen LogP contribution in [-0.4, -0.2) is 19.0 Å². The van der Waals surface area contributed by atoms with Gasteiger partial charge in [0.25, 0.3) is 0 Å². The lowest BCUT2D eigenvalue weighted by atomic mass is 9.94. The summed E-state index contributed by atoms with van der Waals surface area (Å²) in [7, 11) is 0. The van der Waals surface area contributed by atoms with Crippen molar-refractivity contribution >= 4 is 5.91 Å². The molecule has 0 spiro atoms. The van der Waals surface area contributed by atoms with Gasteiger partial charge in [-0.1, -0.05) is 18.2 Å². The molecule has 1 aromatic carbocycles. The number of hydrogen-bond acceptors (Lipinski definition) is 1. The van der Waals surface area contributed by atoms with Crippen LogP contribution < -0.4 is 10.6 Å². The summed E-state index contributed by atoms with van der Waals surface area (Å²) >= 11 is 0. The molecule has 19 heavy (non-hydrogen) atoms. The highest BCUT2D eigenvalue weighted by Crippen LogP contribution is 2.16. The first-order valence-electron chi connectivity index (χ1n) is 6.89. The van der Waals surface area contributed by atoms with Gasteiger partial charge in [-0.25, -0.2) is 9.71 Å². The van der Waals surface area contributed by atoms with Crippen LogP contribution in [0, 0.1) is 11.7 Å². The number of hydrogen-bond donors (Lipinski definition) is 1. The van der Waals surface area contributed by atoms with E-state index in [2.05, 4.69) is 10.6 Å². The largest absolute Gasteiger partial charge is 0.352 e. The van der Waals surface area contributed by atoms with Gasteiger partial charge in [-0.2, -0.15) is 0 Å². The van der Waals surface area contributed by atoms with Crippen LogP contribution >= 0.6 is 0 Å². The molecule has 3 nitrogen and oxygen atoms in total. The van der Waals surface area contributed by atoms with Crippen molar-refractivity contribution in [3.8, 4) is 0 Å². The van der Waals surface area contributed by atoms with Crippen molar-refractivity contribution < 1.29 is 9.18 Å². The van der Waals surface area contributed by atoms with Crippen LogP contribution in [0.4, 0.5) is 4.39 Å². The Balaban J connectivity index is 1.68. The zero-order chi connectivity index (χ0) is 13.5. The lowest BCUT2D eigenvalue weighted by Crippen LogP contribution is -2.27. The summed E-state index contributed by atoms with van der Waals surface area (Å²) in [5.74, 6) is 0.274. The number of carbonyl (C=O) groups is 1. The first-order valence-corrected chi connectivity index (χ1v) is 6.89. The SMILES string of the molecule is O=C(CCC1CCC[N]C1)NCc1ccccc1F. The van der Waals surface area contributed by atoms with Crippen molar-refractivity contribution in [3.05, 3.63) is 35.6 Å². The topological polar surface area (TPSA) is 43.2 Å². The molecule has 1 saturated heterocycles. The van der Waals surface area contributed by atoms with Gasteiger partial charge in [-0.15, -0.1) is 0 Å². The quantitative estimate of drug-likeness (QED) is 0.870. The monoisotopic (exact) mass is 263 g/mol. The third kappa shape index (κ3) is 4.63. The normalized spacial score (nSPS) is 19.1. The van der Waals surface area contributed by atoms with Gasteiger partial charge < -0.3 is 5.32 Å². The van der Waals surface area contributed by atoms with Gasteiger partial charge >= 0.3 is 0 Å². The highest BCUT2D eigenvalue weighted by atomic mass is 19.1. The lowest BCUT2D eigenvalue weighted by molar-refractivity contribution is -0.121. The highest BCUT2D eigenvalue weighted by molar-refractivity contribution is 5.75. The smallest absolute Gasteiger partial charge is 0.220 e. The number of amides is 1. The maximum absolute atomic E-state index is 13.4. The Bertz CT molecular complexity index is 416. The fraction of sp³-hybridized carbons (Fsp3) is 0.533. The van der Waals surface area contributed by atoms with Crippen molar-refractivity contribution in [2.45, 2.75) is 32.2 Å². The van der Waals surface area contributed by atoms with Crippen LogP contribution in [0.1, 0.15) is 31.2 Å². The molecule has 1 N–H and O–H groups in total. The predicted octanol–water partition coefficient (Wildman–Crippen LogP) is 2.24. The van der Waals surface area contributed by atoms with Crippen molar-refractivity contribution in [2.24, 2.45) is 5.92 Å². The van der Waals surface area contributed by atoms with Crippen molar-refractivity contribution in [3.63, 3.8) is 0 Å². The summed E-state index contributed by atoms with van der Waals surface area (Å²) in [6, 6.07) is 6.52. The van der Waals surface area contributed by atoms with Gasteiger partial charge in [0.05, 0.1) is 0 Å². The summed E-state index contributed by atoms with van der Waals surface area (Å²) in [5, 5.41) is 7.13. The molecule has 0 aromatic heterocycles. The van der Waals surface area contributed by atoms with Crippen molar-refractivity contribution in [1.29, 1.82) is 0 Å². The van der Waals surface area contributed by atoms with E-state index in [1.165, 1.54) is 12.5 Å². The minimum Gasteiger partial charge on any atom is -0.352 e. The number of halogens is 1. The van der Waals surface area contributed by atoms with E-state index in [1.54, 1.807) is 18.2 Å². The Morgan fingerprint density at radius 2 is 2.26 bits per heavy atom. The Hall–Kier alpha value is -1.42. The number of rotatable bonds is 5. The van der Waals surface area contributed by atoms with Crippen LogP contribution in [0.3, 0.4) is 0 Å². The predicted molar refractivity (Wildman–Crippen MR) is 72.1 cm³/mol. The van der Waals surface area contributed by atoms with E-state index in [0.29, 0.717) is 17.9 Å². The summed E-state index contributed by atoms with van der Waals surface area (Å²) < 4.78 is 13.4. The zero-order valence-corrected chi connectivity index (χ0v) is 11.1. The number of benzene rings is 1.